The van der Waals surface area contributed by atoms with Gasteiger partial charge in [-0.1, -0.05) is 42.4 Å². The molecular weight excluding hydrogens is 361 g/mol. The predicted octanol–water partition coefficient (Wildman–Crippen LogP) is 5.00. The average Bonchev–Trinajstić information content (AvgIpc) is 3.02. The number of benzene rings is 2. The molecule has 7 heteroatoms. The standard InChI is InChI=1S/C18H17ClFN3OS/c1-12-10-21-18(25-12)23(11-13-2-6-15(20)7-3-13)17(24)22-16-8-4-14(19)5-9-16/h2-9,12H,10-11H2,1H3,(H,22,24)/t12-/m0/s1. The highest BCUT2D eigenvalue weighted by Gasteiger charge is 2.26. The molecule has 0 radical (unpaired) electrons. The minimum atomic E-state index is -0.304. The molecule has 1 aliphatic heterocycles. The Bertz CT molecular complexity index is 780. The Morgan fingerprint density at radius 3 is 2.56 bits per heavy atom. The normalized spacial score (nSPS) is 16.4. The van der Waals surface area contributed by atoms with Crippen molar-refractivity contribution in [2.45, 2.75) is 18.7 Å². The Morgan fingerprint density at radius 2 is 1.96 bits per heavy atom. The molecule has 3 rings (SSSR count). The summed E-state index contributed by atoms with van der Waals surface area (Å²) in [5.41, 5.74) is 1.48. The third-order valence-corrected chi connectivity index (χ3v) is 4.98. The van der Waals surface area contributed by atoms with Crippen LogP contribution in [0.3, 0.4) is 0 Å². The second-order valence-corrected chi connectivity index (χ2v) is 7.54. The molecule has 4 nitrogen and oxygen atoms in total. The average molecular weight is 378 g/mol. The molecule has 2 aromatic rings. The molecule has 25 heavy (non-hydrogen) atoms. The van der Waals surface area contributed by atoms with Gasteiger partial charge in [0.25, 0.3) is 0 Å². The van der Waals surface area contributed by atoms with E-state index in [-0.39, 0.29) is 11.8 Å². The van der Waals surface area contributed by atoms with Crippen molar-refractivity contribution in [1.82, 2.24) is 4.90 Å². The van der Waals surface area contributed by atoms with Gasteiger partial charge in [-0.15, -0.1) is 0 Å². The monoisotopic (exact) mass is 377 g/mol. The van der Waals surface area contributed by atoms with Crippen LogP contribution in [-0.2, 0) is 6.54 Å². The van der Waals surface area contributed by atoms with Crippen LogP contribution >= 0.6 is 23.4 Å². The number of anilines is 1. The zero-order chi connectivity index (χ0) is 17.8. The van der Waals surface area contributed by atoms with Crippen molar-refractivity contribution >= 4 is 40.2 Å². The summed E-state index contributed by atoms with van der Waals surface area (Å²) in [6.07, 6.45) is 0. The number of rotatable bonds is 3. The Hall–Kier alpha value is -2.05. The molecule has 2 aromatic carbocycles. The summed E-state index contributed by atoms with van der Waals surface area (Å²) < 4.78 is 13.1. The zero-order valence-electron chi connectivity index (χ0n) is 13.6. The first-order chi connectivity index (χ1) is 12.0. The van der Waals surface area contributed by atoms with E-state index in [0.717, 1.165) is 5.56 Å². The Labute approximate surface area is 155 Å². The Morgan fingerprint density at radius 1 is 1.28 bits per heavy atom. The van der Waals surface area contributed by atoms with Crippen LogP contribution in [0.15, 0.2) is 53.5 Å². The van der Waals surface area contributed by atoms with E-state index in [1.54, 1.807) is 53.1 Å². The molecule has 0 saturated carbocycles. The van der Waals surface area contributed by atoms with Gasteiger partial charge in [-0.25, -0.2) is 9.18 Å². The number of carbonyl (C=O) groups excluding carboxylic acids is 1. The van der Waals surface area contributed by atoms with Crippen LogP contribution in [0, 0.1) is 5.82 Å². The van der Waals surface area contributed by atoms with E-state index in [2.05, 4.69) is 17.2 Å². The van der Waals surface area contributed by atoms with E-state index in [4.69, 9.17) is 11.6 Å². The number of thioether (sulfide) groups is 1. The second-order valence-electron chi connectivity index (χ2n) is 5.70. The molecule has 1 aliphatic rings. The number of amides is 2. The van der Waals surface area contributed by atoms with Crippen molar-refractivity contribution in [3.8, 4) is 0 Å². The van der Waals surface area contributed by atoms with Crippen molar-refractivity contribution in [2.24, 2.45) is 4.99 Å². The first-order valence-electron chi connectivity index (χ1n) is 7.81. The Kier molecular flexibility index (Phi) is 5.60. The predicted molar refractivity (Wildman–Crippen MR) is 102 cm³/mol. The first-order valence-corrected chi connectivity index (χ1v) is 9.06. The summed E-state index contributed by atoms with van der Waals surface area (Å²) in [5.74, 6) is -0.304. The zero-order valence-corrected chi connectivity index (χ0v) is 15.1. The van der Waals surface area contributed by atoms with Crippen molar-refractivity contribution in [2.75, 3.05) is 11.9 Å². The second kappa shape index (κ2) is 7.89. The van der Waals surface area contributed by atoms with Crippen LogP contribution in [0.25, 0.3) is 0 Å². The van der Waals surface area contributed by atoms with Crippen LogP contribution in [0.4, 0.5) is 14.9 Å². The maximum atomic E-state index is 13.1. The molecule has 0 aliphatic carbocycles. The van der Waals surface area contributed by atoms with Gasteiger partial charge in [0, 0.05) is 16.0 Å². The van der Waals surface area contributed by atoms with Gasteiger partial charge in [0.15, 0.2) is 5.17 Å². The SMILES string of the molecule is C[C@H]1CN=C(N(Cc2ccc(F)cc2)C(=O)Nc2ccc(Cl)cc2)S1. The van der Waals surface area contributed by atoms with Gasteiger partial charge in [-0.05, 0) is 42.0 Å². The fourth-order valence-corrected chi connectivity index (χ4v) is 3.39. The smallest absolute Gasteiger partial charge is 0.307 e. The lowest BCUT2D eigenvalue weighted by Gasteiger charge is -2.23. The van der Waals surface area contributed by atoms with Gasteiger partial charge in [0.05, 0.1) is 13.1 Å². The van der Waals surface area contributed by atoms with E-state index < -0.39 is 0 Å². The number of amidine groups is 1. The lowest BCUT2D eigenvalue weighted by atomic mass is 10.2. The highest BCUT2D eigenvalue weighted by Crippen LogP contribution is 2.25. The molecule has 2 amide bonds. The van der Waals surface area contributed by atoms with Gasteiger partial charge in [0.1, 0.15) is 5.82 Å². The van der Waals surface area contributed by atoms with Gasteiger partial charge in [-0.2, -0.15) is 0 Å². The summed E-state index contributed by atoms with van der Waals surface area (Å²) in [5, 5.41) is 4.45. The quantitative estimate of drug-likeness (QED) is 0.817. The molecule has 0 saturated heterocycles. The summed E-state index contributed by atoms with van der Waals surface area (Å²) in [4.78, 5) is 18.8. The van der Waals surface area contributed by atoms with Crippen molar-refractivity contribution in [1.29, 1.82) is 0 Å². The van der Waals surface area contributed by atoms with Gasteiger partial charge >= 0.3 is 6.03 Å². The van der Waals surface area contributed by atoms with Crippen molar-refractivity contribution < 1.29 is 9.18 Å². The number of nitrogens with one attached hydrogen (secondary N) is 1. The summed E-state index contributed by atoms with van der Waals surface area (Å²) in [6, 6.07) is 12.7. The summed E-state index contributed by atoms with van der Waals surface area (Å²) >= 11 is 7.43. The van der Waals surface area contributed by atoms with Crippen molar-refractivity contribution in [3.05, 3.63) is 64.9 Å². The van der Waals surface area contributed by atoms with E-state index in [1.807, 2.05) is 0 Å². The number of hydrogen-bond acceptors (Lipinski definition) is 3. The minimum absolute atomic E-state index is 0.285. The highest BCUT2D eigenvalue weighted by atomic mass is 35.5. The maximum absolute atomic E-state index is 13.1. The maximum Gasteiger partial charge on any atom is 0.328 e. The topological polar surface area (TPSA) is 44.7 Å². The van der Waals surface area contributed by atoms with Gasteiger partial charge < -0.3 is 5.32 Å². The molecule has 0 spiro atoms. The minimum Gasteiger partial charge on any atom is -0.307 e. The lowest BCUT2D eigenvalue weighted by Crippen LogP contribution is -2.37. The third kappa shape index (κ3) is 4.74. The van der Waals surface area contributed by atoms with Crippen LogP contribution in [0.1, 0.15) is 12.5 Å². The van der Waals surface area contributed by atoms with Crippen LogP contribution in [0.2, 0.25) is 5.02 Å². The Balaban J connectivity index is 1.78. The first kappa shape index (κ1) is 17.8. The molecule has 1 atom stereocenters. The molecule has 1 heterocycles. The fraction of sp³-hybridized carbons (Fsp3) is 0.222. The van der Waals surface area contributed by atoms with Crippen molar-refractivity contribution in [3.63, 3.8) is 0 Å². The number of carbonyl (C=O) groups is 1. The summed E-state index contributed by atoms with van der Waals surface area (Å²) in [7, 11) is 0. The molecule has 0 bridgehead atoms. The molecule has 1 N–H and O–H groups in total. The van der Waals surface area contributed by atoms with Gasteiger partial charge in [-0.3, -0.25) is 9.89 Å². The molecule has 0 unspecified atom stereocenters. The molecule has 0 fully saturated rings. The van der Waals surface area contributed by atoms with Crippen LogP contribution in [0.5, 0.6) is 0 Å². The van der Waals surface area contributed by atoms with Gasteiger partial charge in [0.2, 0.25) is 0 Å². The van der Waals surface area contributed by atoms with E-state index >= 15 is 0 Å². The van der Waals surface area contributed by atoms with E-state index in [0.29, 0.717) is 34.2 Å². The molecule has 0 aromatic heterocycles. The third-order valence-electron chi connectivity index (χ3n) is 3.62. The van der Waals surface area contributed by atoms with Crippen LogP contribution in [-0.4, -0.2) is 27.9 Å². The lowest BCUT2D eigenvalue weighted by molar-refractivity contribution is 0.233. The largest absolute Gasteiger partial charge is 0.328 e. The number of aliphatic imine (C=N–C) groups is 1. The molecule has 130 valence electrons. The number of nitrogens with zero attached hydrogens (tertiary/aromatic N) is 2. The number of hydrogen-bond donors (Lipinski definition) is 1. The van der Waals surface area contributed by atoms with E-state index in [9.17, 15) is 9.18 Å². The fourth-order valence-electron chi connectivity index (χ4n) is 2.33. The number of halogens is 2. The van der Waals surface area contributed by atoms with E-state index in [1.165, 1.54) is 12.1 Å². The van der Waals surface area contributed by atoms with Crippen LogP contribution < -0.4 is 5.32 Å². The number of urea groups is 1. The highest BCUT2D eigenvalue weighted by molar-refractivity contribution is 8.14. The summed E-state index contributed by atoms with van der Waals surface area (Å²) in [6.45, 7) is 3.06. The molecular formula is C18H17ClFN3OS.